The molecule has 1 N–H and O–H groups in total. The summed E-state index contributed by atoms with van der Waals surface area (Å²) in [5.74, 6) is 2.37. The van der Waals surface area contributed by atoms with Crippen LogP contribution in [-0.2, 0) is 4.79 Å². The first-order valence-electron chi connectivity index (χ1n) is 8.32. The molecule has 0 aliphatic carbocycles. The van der Waals surface area contributed by atoms with Crippen molar-refractivity contribution in [2.45, 2.75) is 18.8 Å². The zero-order valence-electron chi connectivity index (χ0n) is 14.5. The fourth-order valence-corrected chi connectivity index (χ4v) is 3.06. The number of carbonyl (C=O) groups is 1. The van der Waals surface area contributed by atoms with Crippen LogP contribution in [0.25, 0.3) is 0 Å². The Labute approximate surface area is 146 Å². The molecular formula is C18H23N3O4. The molecule has 0 atom stereocenters. The predicted octanol–water partition coefficient (Wildman–Crippen LogP) is 2.51. The number of anilines is 1. The van der Waals surface area contributed by atoms with Crippen molar-refractivity contribution in [2.24, 2.45) is 0 Å². The number of piperidine rings is 1. The quantitative estimate of drug-likeness (QED) is 0.867. The number of aromatic nitrogens is 1. The van der Waals surface area contributed by atoms with Gasteiger partial charge in [-0.25, -0.2) is 4.98 Å². The van der Waals surface area contributed by atoms with Crippen molar-refractivity contribution in [1.82, 2.24) is 9.88 Å². The van der Waals surface area contributed by atoms with Crippen molar-refractivity contribution >= 4 is 11.6 Å². The first kappa shape index (κ1) is 17.3. The minimum Gasteiger partial charge on any atom is -0.497 e. The monoisotopic (exact) mass is 345 g/mol. The Morgan fingerprint density at radius 2 is 1.92 bits per heavy atom. The lowest BCUT2D eigenvalue weighted by Gasteiger charge is -2.29. The maximum Gasteiger partial charge on any atom is 0.238 e. The van der Waals surface area contributed by atoms with E-state index in [0.717, 1.165) is 31.8 Å². The lowest BCUT2D eigenvalue weighted by molar-refractivity contribution is -0.117. The average Bonchev–Trinajstić information content (AvgIpc) is 3.16. The molecule has 0 saturated carbocycles. The van der Waals surface area contributed by atoms with E-state index in [2.05, 4.69) is 15.2 Å². The molecule has 1 aromatic heterocycles. The van der Waals surface area contributed by atoms with E-state index in [1.165, 1.54) is 0 Å². The molecule has 2 aromatic rings. The van der Waals surface area contributed by atoms with Crippen LogP contribution in [0.15, 0.2) is 35.1 Å². The normalized spacial score (nSPS) is 15.8. The Kier molecular flexibility index (Phi) is 5.55. The van der Waals surface area contributed by atoms with Gasteiger partial charge < -0.3 is 19.2 Å². The van der Waals surface area contributed by atoms with Gasteiger partial charge in [0.05, 0.1) is 27.0 Å². The van der Waals surface area contributed by atoms with Crippen LogP contribution in [0, 0.1) is 0 Å². The van der Waals surface area contributed by atoms with Gasteiger partial charge in [0.2, 0.25) is 5.91 Å². The molecule has 1 saturated heterocycles. The van der Waals surface area contributed by atoms with Crippen LogP contribution in [0.2, 0.25) is 0 Å². The number of amides is 1. The van der Waals surface area contributed by atoms with Crippen LogP contribution in [-0.4, -0.2) is 49.6 Å². The molecule has 1 aliphatic rings. The van der Waals surface area contributed by atoms with Gasteiger partial charge in [0.1, 0.15) is 17.8 Å². The maximum atomic E-state index is 12.3. The first-order chi connectivity index (χ1) is 12.2. The van der Waals surface area contributed by atoms with E-state index < -0.39 is 0 Å². The SMILES string of the molecule is COc1cc(NC(=O)CN2CCC(c3ncco3)CC2)cc(OC)c1. The largest absolute Gasteiger partial charge is 0.497 e. The number of rotatable bonds is 6. The lowest BCUT2D eigenvalue weighted by atomic mass is 9.97. The van der Waals surface area contributed by atoms with Gasteiger partial charge >= 0.3 is 0 Å². The summed E-state index contributed by atoms with van der Waals surface area (Å²) in [6.45, 7) is 2.06. The van der Waals surface area contributed by atoms with Crippen LogP contribution >= 0.6 is 0 Å². The molecule has 0 spiro atoms. The number of likely N-dealkylation sites (tertiary alicyclic amines) is 1. The lowest BCUT2D eigenvalue weighted by Crippen LogP contribution is -2.38. The van der Waals surface area contributed by atoms with E-state index in [-0.39, 0.29) is 5.91 Å². The summed E-state index contributed by atoms with van der Waals surface area (Å²) in [7, 11) is 3.16. The molecule has 1 fully saturated rings. The number of hydrogen-bond acceptors (Lipinski definition) is 6. The second kappa shape index (κ2) is 8.02. The van der Waals surface area contributed by atoms with Crippen molar-refractivity contribution < 1.29 is 18.7 Å². The predicted molar refractivity (Wildman–Crippen MR) is 93.1 cm³/mol. The number of benzene rings is 1. The molecule has 3 rings (SSSR count). The van der Waals surface area contributed by atoms with Crippen molar-refractivity contribution in [3.05, 3.63) is 36.5 Å². The van der Waals surface area contributed by atoms with Gasteiger partial charge in [-0.15, -0.1) is 0 Å². The van der Waals surface area contributed by atoms with Crippen LogP contribution in [0.1, 0.15) is 24.7 Å². The number of oxazole rings is 1. The highest BCUT2D eigenvalue weighted by molar-refractivity contribution is 5.92. The van der Waals surface area contributed by atoms with Gasteiger partial charge in [-0.2, -0.15) is 0 Å². The van der Waals surface area contributed by atoms with Crippen molar-refractivity contribution in [3.63, 3.8) is 0 Å². The van der Waals surface area contributed by atoms with E-state index in [4.69, 9.17) is 13.9 Å². The third-order valence-electron chi connectivity index (χ3n) is 4.39. The Hall–Kier alpha value is -2.54. The van der Waals surface area contributed by atoms with Crippen LogP contribution < -0.4 is 14.8 Å². The summed E-state index contributed by atoms with van der Waals surface area (Å²) in [6.07, 6.45) is 5.18. The summed E-state index contributed by atoms with van der Waals surface area (Å²) in [6, 6.07) is 5.31. The second-order valence-electron chi connectivity index (χ2n) is 6.07. The molecule has 2 heterocycles. The minimum absolute atomic E-state index is 0.0510. The van der Waals surface area contributed by atoms with Gasteiger partial charge in [-0.1, -0.05) is 0 Å². The van der Waals surface area contributed by atoms with Crippen molar-refractivity contribution in [1.29, 1.82) is 0 Å². The second-order valence-corrected chi connectivity index (χ2v) is 6.07. The van der Waals surface area contributed by atoms with Gasteiger partial charge in [0.15, 0.2) is 5.89 Å². The first-order valence-corrected chi connectivity index (χ1v) is 8.32. The summed E-state index contributed by atoms with van der Waals surface area (Å²) < 4.78 is 15.8. The summed E-state index contributed by atoms with van der Waals surface area (Å²) >= 11 is 0. The maximum absolute atomic E-state index is 12.3. The third kappa shape index (κ3) is 4.51. The smallest absolute Gasteiger partial charge is 0.238 e. The summed E-state index contributed by atoms with van der Waals surface area (Å²) in [4.78, 5) is 18.7. The number of nitrogens with zero attached hydrogens (tertiary/aromatic N) is 2. The van der Waals surface area contributed by atoms with Crippen molar-refractivity contribution in [3.8, 4) is 11.5 Å². The fourth-order valence-electron chi connectivity index (χ4n) is 3.06. The van der Waals surface area contributed by atoms with E-state index in [0.29, 0.717) is 29.6 Å². The van der Waals surface area contributed by atoms with E-state index in [9.17, 15) is 4.79 Å². The minimum atomic E-state index is -0.0510. The highest BCUT2D eigenvalue weighted by atomic mass is 16.5. The molecule has 1 amide bonds. The molecule has 0 radical (unpaired) electrons. The number of methoxy groups -OCH3 is 2. The average molecular weight is 345 g/mol. The molecule has 0 unspecified atom stereocenters. The Morgan fingerprint density at radius 1 is 1.24 bits per heavy atom. The number of nitrogens with one attached hydrogen (secondary N) is 1. The van der Waals surface area contributed by atoms with E-state index >= 15 is 0 Å². The van der Waals surface area contributed by atoms with Crippen LogP contribution in [0.5, 0.6) is 11.5 Å². The van der Waals surface area contributed by atoms with E-state index in [1.54, 1.807) is 44.9 Å². The standard InChI is InChI=1S/C18H23N3O4/c1-23-15-9-14(10-16(11-15)24-2)20-17(22)12-21-6-3-13(4-7-21)18-19-5-8-25-18/h5,8-11,13H,3-4,6-7,12H2,1-2H3,(H,20,22). The van der Waals surface area contributed by atoms with Crippen LogP contribution in [0.4, 0.5) is 5.69 Å². The van der Waals surface area contributed by atoms with E-state index in [1.807, 2.05) is 0 Å². The van der Waals surface area contributed by atoms with Gasteiger partial charge in [-0.3, -0.25) is 9.69 Å². The molecule has 0 bridgehead atoms. The highest BCUT2D eigenvalue weighted by Crippen LogP contribution is 2.27. The fraction of sp³-hybridized carbons (Fsp3) is 0.444. The topological polar surface area (TPSA) is 76.8 Å². The van der Waals surface area contributed by atoms with Crippen LogP contribution in [0.3, 0.4) is 0 Å². The summed E-state index contributed by atoms with van der Waals surface area (Å²) in [5, 5.41) is 2.91. The Bertz CT molecular complexity index is 672. The third-order valence-corrected chi connectivity index (χ3v) is 4.39. The Morgan fingerprint density at radius 3 is 2.48 bits per heavy atom. The molecule has 7 nitrogen and oxygen atoms in total. The number of ether oxygens (including phenoxy) is 2. The Balaban J connectivity index is 1.52. The van der Waals surface area contributed by atoms with Crippen molar-refractivity contribution in [2.75, 3.05) is 39.2 Å². The van der Waals surface area contributed by atoms with Gasteiger partial charge in [0.25, 0.3) is 0 Å². The molecule has 7 heteroatoms. The summed E-state index contributed by atoms with van der Waals surface area (Å²) in [5.41, 5.74) is 0.663. The molecule has 1 aliphatic heterocycles. The highest BCUT2D eigenvalue weighted by Gasteiger charge is 2.24. The molecular weight excluding hydrogens is 322 g/mol. The number of hydrogen-bond donors (Lipinski definition) is 1. The zero-order chi connectivity index (χ0) is 17.6. The van der Waals surface area contributed by atoms with Gasteiger partial charge in [-0.05, 0) is 25.9 Å². The molecule has 25 heavy (non-hydrogen) atoms. The zero-order valence-corrected chi connectivity index (χ0v) is 14.5. The molecule has 1 aromatic carbocycles. The molecule has 134 valence electrons. The van der Waals surface area contributed by atoms with Gasteiger partial charge in [0, 0.05) is 29.8 Å². The number of carbonyl (C=O) groups excluding carboxylic acids is 1.